The summed E-state index contributed by atoms with van der Waals surface area (Å²) < 4.78 is 39.8. The second-order valence-corrected chi connectivity index (χ2v) is 7.71. The average molecular weight is 375 g/mol. The topological polar surface area (TPSA) is 87.6 Å². The minimum absolute atomic E-state index is 0.146. The molecule has 1 atom stereocenters. The lowest BCUT2D eigenvalue weighted by atomic mass is 10.1. The van der Waals surface area contributed by atoms with Crippen LogP contribution in [0.2, 0.25) is 0 Å². The molecule has 6 nitrogen and oxygen atoms in total. The van der Waals surface area contributed by atoms with Crippen molar-refractivity contribution in [3.05, 3.63) is 65.0 Å². The molecule has 1 unspecified atom stereocenters. The molecule has 26 heavy (non-hydrogen) atoms. The lowest BCUT2D eigenvalue weighted by molar-refractivity contribution is -0.122. The van der Waals surface area contributed by atoms with Crippen LogP contribution in [0.5, 0.6) is 0 Å². The number of nitrogens with one attached hydrogen (secondary N) is 2. The van der Waals surface area contributed by atoms with Crippen LogP contribution in [0.3, 0.4) is 0 Å². The SMILES string of the molecule is Cc1cc(CNC(=O)C(C)N=C2NS(=O)(=O)c3ccccc32)ccc1F. The van der Waals surface area contributed by atoms with Crippen molar-refractivity contribution in [2.45, 2.75) is 31.3 Å². The largest absolute Gasteiger partial charge is 0.350 e. The number of carbonyl (C=O) groups is 1. The Balaban J connectivity index is 1.71. The summed E-state index contributed by atoms with van der Waals surface area (Å²) in [5, 5.41) is 2.72. The number of carbonyl (C=O) groups excluding carboxylic acids is 1. The smallest absolute Gasteiger partial charge is 0.263 e. The Morgan fingerprint density at radius 2 is 2.00 bits per heavy atom. The van der Waals surface area contributed by atoms with E-state index in [0.29, 0.717) is 11.1 Å². The molecule has 1 aliphatic rings. The predicted octanol–water partition coefficient (Wildman–Crippen LogP) is 1.88. The average Bonchev–Trinajstić information content (AvgIpc) is 2.86. The van der Waals surface area contributed by atoms with Gasteiger partial charge in [0.05, 0.1) is 4.90 Å². The Morgan fingerprint density at radius 3 is 2.73 bits per heavy atom. The third-order valence-electron chi connectivity index (χ3n) is 4.05. The number of aryl methyl sites for hydroxylation is 1. The van der Waals surface area contributed by atoms with Gasteiger partial charge in [0.15, 0.2) is 0 Å². The predicted molar refractivity (Wildman–Crippen MR) is 95.7 cm³/mol. The van der Waals surface area contributed by atoms with Crippen LogP contribution < -0.4 is 10.0 Å². The number of amidine groups is 1. The van der Waals surface area contributed by atoms with Crippen LogP contribution in [0, 0.1) is 12.7 Å². The van der Waals surface area contributed by atoms with Crippen LogP contribution >= 0.6 is 0 Å². The maximum atomic E-state index is 13.3. The van der Waals surface area contributed by atoms with E-state index in [1.54, 1.807) is 44.2 Å². The first-order valence-electron chi connectivity index (χ1n) is 8.01. The zero-order valence-corrected chi connectivity index (χ0v) is 15.1. The monoisotopic (exact) mass is 375 g/mol. The molecule has 1 heterocycles. The zero-order valence-electron chi connectivity index (χ0n) is 14.3. The summed E-state index contributed by atoms with van der Waals surface area (Å²) in [7, 11) is -3.64. The normalized spacial score (nSPS) is 17.4. The van der Waals surface area contributed by atoms with Gasteiger partial charge < -0.3 is 5.32 Å². The fraction of sp³-hybridized carbons (Fsp3) is 0.222. The van der Waals surface area contributed by atoms with Gasteiger partial charge in [-0.15, -0.1) is 0 Å². The Morgan fingerprint density at radius 1 is 1.27 bits per heavy atom. The van der Waals surface area contributed by atoms with Crippen molar-refractivity contribution in [2.75, 3.05) is 0 Å². The lowest BCUT2D eigenvalue weighted by Gasteiger charge is -2.10. The van der Waals surface area contributed by atoms with Crippen LogP contribution in [0.4, 0.5) is 4.39 Å². The van der Waals surface area contributed by atoms with Crippen molar-refractivity contribution >= 4 is 21.8 Å². The lowest BCUT2D eigenvalue weighted by Crippen LogP contribution is -2.33. The van der Waals surface area contributed by atoms with Gasteiger partial charge in [-0.05, 0) is 43.2 Å². The first-order valence-corrected chi connectivity index (χ1v) is 9.49. The molecule has 1 aliphatic heterocycles. The minimum atomic E-state index is -3.64. The summed E-state index contributed by atoms with van der Waals surface area (Å²) in [5.41, 5.74) is 1.72. The van der Waals surface area contributed by atoms with Gasteiger partial charge in [0.1, 0.15) is 17.7 Å². The number of fused-ring (bicyclic) bond motifs is 1. The maximum absolute atomic E-state index is 13.3. The quantitative estimate of drug-likeness (QED) is 0.855. The first-order chi connectivity index (χ1) is 12.3. The first kappa shape index (κ1) is 18.1. The minimum Gasteiger partial charge on any atom is -0.350 e. The van der Waals surface area contributed by atoms with E-state index in [9.17, 15) is 17.6 Å². The van der Waals surface area contributed by atoms with Gasteiger partial charge in [-0.1, -0.05) is 24.3 Å². The number of aliphatic imine (C=N–C) groups is 1. The van der Waals surface area contributed by atoms with Crippen LogP contribution in [0.25, 0.3) is 0 Å². The molecule has 0 fully saturated rings. The van der Waals surface area contributed by atoms with Crippen molar-refractivity contribution in [3.8, 4) is 0 Å². The molecule has 2 aromatic rings. The maximum Gasteiger partial charge on any atom is 0.263 e. The summed E-state index contributed by atoms with van der Waals surface area (Å²) in [6, 6.07) is 10.3. The molecule has 0 saturated heterocycles. The Hall–Kier alpha value is -2.74. The Labute approximate surface area is 151 Å². The zero-order chi connectivity index (χ0) is 18.9. The molecule has 0 saturated carbocycles. The number of hydrogen-bond acceptors (Lipinski definition) is 4. The highest BCUT2D eigenvalue weighted by Gasteiger charge is 2.31. The number of benzene rings is 2. The highest BCUT2D eigenvalue weighted by atomic mass is 32.2. The number of rotatable bonds is 4. The molecule has 2 N–H and O–H groups in total. The van der Waals surface area contributed by atoms with Gasteiger partial charge in [-0.2, -0.15) is 0 Å². The fourth-order valence-electron chi connectivity index (χ4n) is 2.64. The van der Waals surface area contributed by atoms with Crippen LogP contribution in [0.1, 0.15) is 23.6 Å². The van der Waals surface area contributed by atoms with Gasteiger partial charge in [-0.3, -0.25) is 14.5 Å². The highest BCUT2D eigenvalue weighted by molar-refractivity contribution is 7.90. The fourth-order valence-corrected chi connectivity index (χ4v) is 3.87. The summed E-state index contributed by atoms with van der Waals surface area (Å²) in [4.78, 5) is 16.6. The van der Waals surface area contributed by atoms with E-state index < -0.39 is 16.1 Å². The Bertz CT molecular complexity index is 1000. The molecule has 136 valence electrons. The third-order valence-corrected chi connectivity index (χ3v) is 5.45. The van der Waals surface area contributed by atoms with E-state index in [1.165, 1.54) is 12.1 Å². The van der Waals surface area contributed by atoms with Crippen LogP contribution in [-0.4, -0.2) is 26.2 Å². The van der Waals surface area contributed by atoms with E-state index in [2.05, 4.69) is 15.0 Å². The molecule has 0 radical (unpaired) electrons. The summed E-state index contributed by atoms with van der Waals surface area (Å²) in [6.07, 6.45) is 0. The summed E-state index contributed by atoms with van der Waals surface area (Å²) in [5.74, 6) is -0.504. The number of hydrogen-bond donors (Lipinski definition) is 2. The van der Waals surface area contributed by atoms with E-state index in [0.717, 1.165) is 5.56 Å². The molecular formula is C18H18FN3O3S. The molecule has 1 amide bonds. The third kappa shape index (κ3) is 3.60. The van der Waals surface area contributed by atoms with E-state index >= 15 is 0 Å². The molecule has 2 aromatic carbocycles. The van der Waals surface area contributed by atoms with Gasteiger partial charge in [0, 0.05) is 12.1 Å². The van der Waals surface area contributed by atoms with Crippen molar-refractivity contribution < 1.29 is 17.6 Å². The summed E-state index contributed by atoms with van der Waals surface area (Å²) in [6.45, 7) is 3.46. The van der Waals surface area contributed by atoms with Gasteiger partial charge >= 0.3 is 0 Å². The molecule has 8 heteroatoms. The molecule has 0 aliphatic carbocycles. The number of nitrogens with zero attached hydrogens (tertiary/aromatic N) is 1. The molecule has 0 spiro atoms. The second-order valence-electron chi connectivity index (χ2n) is 6.06. The van der Waals surface area contributed by atoms with Crippen molar-refractivity contribution in [1.82, 2.24) is 10.0 Å². The van der Waals surface area contributed by atoms with Gasteiger partial charge in [0.25, 0.3) is 10.0 Å². The van der Waals surface area contributed by atoms with E-state index in [4.69, 9.17) is 0 Å². The molecular weight excluding hydrogens is 357 g/mol. The van der Waals surface area contributed by atoms with Gasteiger partial charge in [0.2, 0.25) is 5.91 Å². The summed E-state index contributed by atoms with van der Waals surface area (Å²) >= 11 is 0. The second kappa shape index (κ2) is 6.87. The standard InChI is InChI=1S/C18H18FN3O3S/c1-11-9-13(7-8-15(11)19)10-20-18(23)12(2)21-17-14-5-3-4-6-16(14)26(24,25)22-17/h3-9,12H,10H2,1-2H3,(H,20,23)(H,21,22). The van der Waals surface area contributed by atoms with Gasteiger partial charge in [-0.25, -0.2) is 12.8 Å². The van der Waals surface area contributed by atoms with Crippen molar-refractivity contribution in [1.29, 1.82) is 0 Å². The number of halogens is 1. The molecule has 0 aromatic heterocycles. The van der Waals surface area contributed by atoms with Crippen molar-refractivity contribution in [3.63, 3.8) is 0 Å². The van der Waals surface area contributed by atoms with Crippen LogP contribution in [-0.2, 0) is 21.4 Å². The molecule has 3 rings (SSSR count). The number of sulfonamides is 1. The molecule has 0 bridgehead atoms. The Kier molecular flexibility index (Phi) is 4.78. The van der Waals surface area contributed by atoms with Crippen molar-refractivity contribution in [2.24, 2.45) is 4.99 Å². The highest BCUT2D eigenvalue weighted by Crippen LogP contribution is 2.22. The van der Waals surface area contributed by atoms with Crippen LogP contribution in [0.15, 0.2) is 52.4 Å². The van der Waals surface area contributed by atoms with E-state index in [1.807, 2.05) is 0 Å². The number of amides is 1. The van der Waals surface area contributed by atoms with E-state index in [-0.39, 0.29) is 29.0 Å².